The predicted molar refractivity (Wildman–Crippen MR) is 80.5 cm³/mol. The smallest absolute Gasteiger partial charge is 0.0771 e. The minimum Gasteiger partial charge on any atom is -0.389 e. The second-order valence-electron chi connectivity index (χ2n) is 6.64. The minimum atomic E-state index is -0.463. The molecule has 3 nitrogen and oxygen atoms in total. The number of nitrogens with one attached hydrogen (secondary N) is 1. The van der Waals surface area contributed by atoms with Crippen LogP contribution < -0.4 is 5.32 Å². The summed E-state index contributed by atoms with van der Waals surface area (Å²) in [5, 5.41) is 14.3. The van der Waals surface area contributed by atoms with Gasteiger partial charge in [-0.3, -0.25) is 4.98 Å². The lowest BCUT2D eigenvalue weighted by atomic mass is 9.84. The third-order valence-electron chi connectivity index (χ3n) is 4.82. The fourth-order valence-electron chi connectivity index (χ4n) is 3.36. The van der Waals surface area contributed by atoms with Crippen molar-refractivity contribution in [1.29, 1.82) is 0 Å². The summed E-state index contributed by atoms with van der Waals surface area (Å²) in [6, 6.07) is 6.61. The van der Waals surface area contributed by atoms with E-state index in [-0.39, 0.29) is 0 Å². The first-order valence-electron chi connectivity index (χ1n) is 8.11. The van der Waals surface area contributed by atoms with E-state index in [1.807, 2.05) is 12.3 Å². The summed E-state index contributed by atoms with van der Waals surface area (Å²) in [5.74, 6) is 0.782. The van der Waals surface area contributed by atoms with Gasteiger partial charge in [-0.2, -0.15) is 0 Å². The molecule has 20 heavy (non-hydrogen) atoms. The van der Waals surface area contributed by atoms with E-state index in [2.05, 4.69) is 22.4 Å². The Morgan fingerprint density at radius 1 is 1.25 bits per heavy atom. The molecule has 2 aliphatic rings. The second kappa shape index (κ2) is 6.23. The Labute approximate surface area is 121 Å². The lowest BCUT2D eigenvalue weighted by Crippen LogP contribution is -2.47. The molecule has 2 fully saturated rings. The zero-order chi connectivity index (χ0) is 13.8. The Kier molecular flexibility index (Phi) is 4.37. The minimum absolute atomic E-state index is 0.463. The summed E-state index contributed by atoms with van der Waals surface area (Å²) in [7, 11) is 0. The summed E-state index contributed by atoms with van der Waals surface area (Å²) in [5.41, 5.74) is 0.697. The number of nitrogens with zero attached hydrogens (tertiary/aromatic N) is 1. The molecule has 110 valence electrons. The Morgan fingerprint density at radius 2 is 2.05 bits per heavy atom. The standard InChI is InChI=1S/C17H26N2O/c20-17(9-3-1-4-10-17)13-19-16(14-7-8-14)12-15-6-2-5-11-18-15/h2,5-6,11,14,16,19-20H,1,3-4,7-10,12-13H2. The van der Waals surface area contributed by atoms with Crippen LogP contribution in [0.4, 0.5) is 0 Å². The molecule has 3 rings (SSSR count). The van der Waals surface area contributed by atoms with Crippen LogP contribution in [0.25, 0.3) is 0 Å². The van der Waals surface area contributed by atoms with Crippen LogP contribution in [0, 0.1) is 5.92 Å². The topological polar surface area (TPSA) is 45.1 Å². The van der Waals surface area contributed by atoms with Crippen molar-refractivity contribution < 1.29 is 5.11 Å². The van der Waals surface area contributed by atoms with Crippen molar-refractivity contribution in [2.75, 3.05) is 6.54 Å². The van der Waals surface area contributed by atoms with Gasteiger partial charge in [0.15, 0.2) is 0 Å². The normalized spacial score (nSPS) is 23.4. The van der Waals surface area contributed by atoms with Crippen molar-refractivity contribution in [1.82, 2.24) is 10.3 Å². The number of hydrogen-bond acceptors (Lipinski definition) is 3. The van der Waals surface area contributed by atoms with Crippen molar-refractivity contribution in [2.45, 2.75) is 63.0 Å². The molecule has 0 aromatic carbocycles. The summed E-state index contributed by atoms with van der Waals surface area (Å²) >= 11 is 0. The van der Waals surface area contributed by atoms with Crippen LogP contribution >= 0.6 is 0 Å². The van der Waals surface area contributed by atoms with Gasteiger partial charge in [0.25, 0.3) is 0 Å². The van der Waals surface area contributed by atoms with E-state index in [9.17, 15) is 5.11 Å². The molecule has 1 aromatic rings. The SMILES string of the molecule is OC1(CNC(Cc2ccccn2)C2CC2)CCCCC1. The zero-order valence-corrected chi connectivity index (χ0v) is 12.2. The van der Waals surface area contributed by atoms with Crippen LogP contribution in [0.2, 0.25) is 0 Å². The molecule has 0 aliphatic heterocycles. The van der Waals surface area contributed by atoms with E-state index >= 15 is 0 Å². The molecule has 3 heteroatoms. The third kappa shape index (κ3) is 3.80. The highest BCUT2D eigenvalue weighted by Gasteiger charge is 2.34. The quantitative estimate of drug-likeness (QED) is 0.838. The number of aliphatic hydroxyl groups is 1. The van der Waals surface area contributed by atoms with Gasteiger partial charge in [-0.1, -0.05) is 25.3 Å². The molecule has 0 amide bonds. The molecule has 0 bridgehead atoms. The molecule has 2 saturated carbocycles. The molecule has 1 unspecified atom stereocenters. The average Bonchev–Trinajstić information content (AvgIpc) is 3.30. The van der Waals surface area contributed by atoms with E-state index in [1.54, 1.807) is 0 Å². The predicted octanol–water partition coefficient (Wildman–Crippen LogP) is 2.69. The van der Waals surface area contributed by atoms with Crippen LogP contribution in [-0.4, -0.2) is 28.3 Å². The molecular weight excluding hydrogens is 248 g/mol. The number of aromatic nitrogens is 1. The van der Waals surface area contributed by atoms with Gasteiger partial charge in [0.2, 0.25) is 0 Å². The molecule has 0 saturated heterocycles. The number of rotatable bonds is 6. The van der Waals surface area contributed by atoms with Crippen LogP contribution in [0.15, 0.2) is 24.4 Å². The Balaban J connectivity index is 1.55. The van der Waals surface area contributed by atoms with E-state index < -0.39 is 5.60 Å². The Morgan fingerprint density at radius 3 is 2.70 bits per heavy atom. The van der Waals surface area contributed by atoms with Gasteiger partial charge in [0.05, 0.1) is 5.60 Å². The first-order valence-corrected chi connectivity index (χ1v) is 8.11. The summed E-state index contributed by atoms with van der Waals surface area (Å²) in [6.07, 6.45) is 11.0. The van der Waals surface area contributed by atoms with Crippen LogP contribution in [0.3, 0.4) is 0 Å². The number of hydrogen-bond donors (Lipinski definition) is 2. The molecular formula is C17H26N2O. The molecule has 0 radical (unpaired) electrons. The highest BCUT2D eigenvalue weighted by Crippen LogP contribution is 2.35. The van der Waals surface area contributed by atoms with Gasteiger partial charge in [0, 0.05) is 30.9 Å². The van der Waals surface area contributed by atoms with E-state index in [1.165, 1.54) is 32.1 Å². The summed E-state index contributed by atoms with van der Waals surface area (Å²) in [6.45, 7) is 0.751. The van der Waals surface area contributed by atoms with Crippen LogP contribution in [0.5, 0.6) is 0 Å². The molecule has 1 heterocycles. The largest absolute Gasteiger partial charge is 0.389 e. The van der Waals surface area contributed by atoms with Gasteiger partial charge < -0.3 is 10.4 Å². The van der Waals surface area contributed by atoms with E-state index in [0.717, 1.165) is 37.4 Å². The van der Waals surface area contributed by atoms with Crippen LogP contribution in [-0.2, 0) is 6.42 Å². The van der Waals surface area contributed by atoms with Crippen molar-refractivity contribution in [3.8, 4) is 0 Å². The first kappa shape index (κ1) is 14.0. The first-order chi connectivity index (χ1) is 9.75. The molecule has 2 aliphatic carbocycles. The third-order valence-corrected chi connectivity index (χ3v) is 4.82. The Bertz CT molecular complexity index is 410. The molecule has 1 atom stereocenters. The Hall–Kier alpha value is -0.930. The van der Waals surface area contributed by atoms with Crippen LogP contribution in [0.1, 0.15) is 50.6 Å². The number of pyridine rings is 1. The molecule has 2 N–H and O–H groups in total. The average molecular weight is 274 g/mol. The zero-order valence-electron chi connectivity index (χ0n) is 12.2. The summed E-state index contributed by atoms with van der Waals surface area (Å²) in [4.78, 5) is 4.44. The molecule has 1 aromatic heterocycles. The lowest BCUT2D eigenvalue weighted by molar-refractivity contribution is 0.00206. The highest BCUT2D eigenvalue weighted by atomic mass is 16.3. The maximum atomic E-state index is 10.6. The van der Waals surface area contributed by atoms with E-state index in [0.29, 0.717) is 6.04 Å². The van der Waals surface area contributed by atoms with Crippen molar-refractivity contribution >= 4 is 0 Å². The van der Waals surface area contributed by atoms with Crippen molar-refractivity contribution in [3.05, 3.63) is 30.1 Å². The van der Waals surface area contributed by atoms with E-state index in [4.69, 9.17) is 0 Å². The van der Waals surface area contributed by atoms with Crippen molar-refractivity contribution in [3.63, 3.8) is 0 Å². The van der Waals surface area contributed by atoms with Gasteiger partial charge in [-0.05, 0) is 43.7 Å². The van der Waals surface area contributed by atoms with Gasteiger partial charge >= 0.3 is 0 Å². The second-order valence-corrected chi connectivity index (χ2v) is 6.64. The van der Waals surface area contributed by atoms with Gasteiger partial charge in [-0.15, -0.1) is 0 Å². The maximum absolute atomic E-state index is 10.6. The van der Waals surface area contributed by atoms with Crippen molar-refractivity contribution in [2.24, 2.45) is 5.92 Å². The summed E-state index contributed by atoms with van der Waals surface area (Å²) < 4.78 is 0. The lowest BCUT2D eigenvalue weighted by Gasteiger charge is -2.34. The van der Waals surface area contributed by atoms with Gasteiger partial charge in [-0.25, -0.2) is 0 Å². The monoisotopic (exact) mass is 274 g/mol. The fourth-order valence-corrected chi connectivity index (χ4v) is 3.36. The maximum Gasteiger partial charge on any atom is 0.0771 e. The molecule has 0 spiro atoms. The van der Waals surface area contributed by atoms with Gasteiger partial charge in [0.1, 0.15) is 0 Å². The highest BCUT2D eigenvalue weighted by molar-refractivity contribution is 5.07. The fraction of sp³-hybridized carbons (Fsp3) is 0.706.